The van der Waals surface area contributed by atoms with Gasteiger partial charge in [-0.1, -0.05) is 0 Å². The zero-order valence-corrected chi connectivity index (χ0v) is 3.71. The summed E-state index contributed by atoms with van der Waals surface area (Å²) in [5.74, 6) is -3.65. The molecular weight excluding hydrogens is 276 g/mol. The van der Waals surface area contributed by atoms with Crippen molar-refractivity contribution in [3.63, 3.8) is 0 Å². The Morgan fingerprint density at radius 3 is 0.750 bits per heavy atom. The minimum atomic E-state index is -1.82. The summed E-state index contributed by atoms with van der Waals surface area (Å²) in [5, 5.41) is 14.8. The Bertz CT molecular complexity index is 83.5. The second-order valence-electron chi connectivity index (χ2n) is 0.610. The fourth-order valence-corrected chi connectivity index (χ4v) is 0. The molecule has 0 aromatic carbocycles. The summed E-state index contributed by atoms with van der Waals surface area (Å²) < 4.78 is 0. The Balaban J connectivity index is -0.00000000833. The molecule has 0 bridgehead atoms. The van der Waals surface area contributed by atoms with Crippen molar-refractivity contribution in [3.8, 4) is 0 Å². The van der Waals surface area contributed by atoms with Gasteiger partial charge < -0.3 is 21.2 Å². The molecular formula is C2H10K4O6. The number of aliphatic carboxylic acids is 2. The third kappa shape index (κ3) is 36.1. The zero-order valence-electron chi connectivity index (χ0n) is 3.71. The number of carboxylic acid groups (broad SMARTS) is 2. The van der Waals surface area contributed by atoms with Crippen LogP contribution in [0.3, 0.4) is 0 Å². The fraction of sp³-hybridized carbons (Fsp3) is 0. The maximum atomic E-state index is 9.10. The first-order valence-electron chi connectivity index (χ1n) is 1.11. The second kappa shape index (κ2) is 29.9. The standard InChI is InChI=1S/C2H2O4.4K.2H2O.4H/c3-1(4)2(5)6;;;;;;;;;;/h(H,3,4)(H,5,6);;;;;2*1H2;;;;. The van der Waals surface area contributed by atoms with Crippen LogP contribution >= 0.6 is 0 Å². The van der Waals surface area contributed by atoms with E-state index in [0.29, 0.717) is 0 Å². The molecule has 0 aliphatic carbocycles. The van der Waals surface area contributed by atoms with Gasteiger partial charge in [0, 0.05) is 0 Å². The van der Waals surface area contributed by atoms with Crippen LogP contribution in [0, 0.1) is 0 Å². The molecule has 58 valence electrons. The van der Waals surface area contributed by atoms with Crippen LogP contribution in [0.1, 0.15) is 0 Å². The molecule has 6 N–H and O–H groups in total. The average Bonchev–Trinajstić information content (AvgIpc) is 1.36. The van der Waals surface area contributed by atoms with Gasteiger partial charge in [-0.05, 0) is 0 Å². The summed E-state index contributed by atoms with van der Waals surface area (Å²) in [6.07, 6.45) is 0. The molecule has 0 rings (SSSR count). The van der Waals surface area contributed by atoms with E-state index in [1.807, 2.05) is 0 Å². The molecule has 0 fully saturated rings. The Labute approximate surface area is 240 Å². The predicted octanol–water partition coefficient (Wildman–Crippen LogP) is -5.09. The summed E-state index contributed by atoms with van der Waals surface area (Å²) >= 11 is 0. The Morgan fingerprint density at radius 2 is 0.750 bits per heavy atom. The molecule has 0 saturated heterocycles. The molecule has 0 aromatic rings. The van der Waals surface area contributed by atoms with Gasteiger partial charge in [0.1, 0.15) is 0 Å². The molecule has 6 nitrogen and oxygen atoms in total. The molecule has 0 aliphatic rings. The summed E-state index contributed by atoms with van der Waals surface area (Å²) in [5.41, 5.74) is 0. The van der Waals surface area contributed by atoms with Gasteiger partial charge in [-0.3, -0.25) is 0 Å². The summed E-state index contributed by atoms with van der Waals surface area (Å²) in [6.45, 7) is 0. The Hall–Kier alpha value is 5.41. The van der Waals surface area contributed by atoms with Crippen molar-refractivity contribution in [1.82, 2.24) is 0 Å². The topological polar surface area (TPSA) is 138 Å². The summed E-state index contributed by atoms with van der Waals surface area (Å²) in [6, 6.07) is 0. The van der Waals surface area contributed by atoms with Crippen LogP contribution in [0.4, 0.5) is 0 Å². The van der Waals surface area contributed by atoms with Crippen molar-refractivity contribution in [2.24, 2.45) is 0 Å². The predicted molar refractivity (Wildman–Crippen MR) is 51.1 cm³/mol. The van der Waals surface area contributed by atoms with Gasteiger partial charge in [0.05, 0.1) is 0 Å². The van der Waals surface area contributed by atoms with Gasteiger partial charge >= 0.3 is 217 Å². The van der Waals surface area contributed by atoms with Gasteiger partial charge in [0.15, 0.2) is 0 Å². The fourth-order valence-electron chi connectivity index (χ4n) is 0. The van der Waals surface area contributed by atoms with Gasteiger partial charge in [-0.25, -0.2) is 9.59 Å². The zero-order chi connectivity index (χ0) is 5.15. The minimum absolute atomic E-state index is 0. The SMILES string of the molecule is O.O.O=C(O)C(=O)O.[KH].[KH].[KH].[KH]. The van der Waals surface area contributed by atoms with Crippen LogP contribution in [-0.4, -0.2) is 239 Å². The quantitative estimate of drug-likeness (QED) is 0.340. The van der Waals surface area contributed by atoms with Crippen LogP contribution in [0.2, 0.25) is 0 Å². The Morgan fingerprint density at radius 1 is 0.667 bits per heavy atom. The van der Waals surface area contributed by atoms with Gasteiger partial charge in [0.25, 0.3) is 0 Å². The van der Waals surface area contributed by atoms with Crippen molar-refractivity contribution in [2.45, 2.75) is 0 Å². The van der Waals surface area contributed by atoms with E-state index in [0.717, 1.165) is 0 Å². The third-order valence-corrected chi connectivity index (χ3v) is 0.183. The first kappa shape index (κ1) is 43.3. The van der Waals surface area contributed by atoms with E-state index in [9.17, 15) is 0 Å². The van der Waals surface area contributed by atoms with E-state index in [1.165, 1.54) is 0 Å². The second-order valence-corrected chi connectivity index (χ2v) is 0.610. The molecule has 0 spiro atoms. The molecule has 0 saturated carbocycles. The van der Waals surface area contributed by atoms with E-state index < -0.39 is 11.9 Å². The van der Waals surface area contributed by atoms with Crippen molar-refractivity contribution in [1.29, 1.82) is 0 Å². The van der Waals surface area contributed by atoms with Gasteiger partial charge in [0.2, 0.25) is 0 Å². The summed E-state index contributed by atoms with van der Waals surface area (Å²) in [4.78, 5) is 18.2. The molecule has 0 aliphatic heterocycles. The number of hydrogen-bond donors (Lipinski definition) is 2. The Kier molecular flexibility index (Phi) is 108. The molecule has 0 heterocycles. The van der Waals surface area contributed by atoms with Crippen LogP contribution in [-0.2, 0) is 9.59 Å². The third-order valence-electron chi connectivity index (χ3n) is 0.183. The van der Waals surface area contributed by atoms with Gasteiger partial charge in [-0.15, -0.1) is 0 Å². The molecule has 0 amide bonds. The van der Waals surface area contributed by atoms with Crippen molar-refractivity contribution >= 4 is 217 Å². The van der Waals surface area contributed by atoms with Crippen LogP contribution in [0.25, 0.3) is 0 Å². The molecule has 0 unspecified atom stereocenters. The number of carboxylic acids is 2. The monoisotopic (exact) mass is 286 g/mol. The van der Waals surface area contributed by atoms with Crippen molar-refractivity contribution in [3.05, 3.63) is 0 Å². The molecule has 0 atom stereocenters. The van der Waals surface area contributed by atoms with Gasteiger partial charge in [-0.2, -0.15) is 0 Å². The van der Waals surface area contributed by atoms with E-state index in [2.05, 4.69) is 0 Å². The van der Waals surface area contributed by atoms with E-state index in [1.54, 1.807) is 0 Å². The number of hydrogen-bond acceptors (Lipinski definition) is 2. The molecule has 12 heavy (non-hydrogen) atoms. The number of rotatable bonds is 0. The maximum absolute atomic E-state index is 9.10. The van der Waals surface area contributed by atoms with Crippen LogP contribution in [0.15, 0.2) is 0 Å². The molecule has 0 aromatic heterocycles. The summed E-state index contributed by atoms with van der Waals surface area (Å²) in [7, 11) is 0. The van der Waals surface area contributed by atoms with Crippen molar-refractivity contribution < 1.29 is 30.8 Å². The van der Waals surface area contributed by atoms with Crippen LogP contribution < -0.4 is 0 Å². The van der Waals surface area contributed by atoms with Crippen LogP contribution in [0.5, 0.6) is 0 Å². The van der Waals surface area contributed by atoms with E-state index in [-0.39, 0.29) is 216 Å². The number of carbonyl (C=O) groups is 2. The van der Waals surface area contributed by atoms with Crippen molar-refractivity contribution in [2.75, 3.05) is 0 Å². The first-order valence-corrected chi connectivity index (χ1v) is 1.11. The first-order chi connectivity index (χ1) is 2.64. The molecule has 0 radical (unpaired) electrons. The molecule has 10 heteroatoms. The normalized spacial score (nSPS) is 3.67. The van der Waals surface area contributed by atoms with E-state index in [4.69, 9.17) is 19.8 Å². The average molecular weight is 286 g/mol. The van der Waals surface area contributed by atoms with E-state index >= 15 is 0 Å².